The number of nitrogens with one attached hydrogen (secondary N) is 2. The van der Waals surface area contributed by atoms with Gasteiger partial charge in [0.1, 0.15) is 5.60 Å². The second kappa shape index (κ2) is 10.0. The molecule has 0 aliphatic heterocycles. The van der Waals surface area contributed by atoms with Crippen LogP contribution in [0, 0.1) is 6.92 Å². The van der Waals surface area contributed by atoms with E-state index in [4.69, 9.17) is 16.3 Å². The molecule has 32 heavy (non-hydrogen) atoms. The van der Waals surface area contributed by atoms with E-state index in [0.29, 0.717) is 25.6 Å². The van der Waals surface area contributed by atoms with Gasteiger partial charge in [-0.2, -0.15) is 8.42 Å². The first-order chi connectivity index (χ1) is 14.7. The molecule has 0 spiro atoms. The fourth-order valence-corrected chi connectivity index (χ4v) is 4.65. The van der Waals surface area contributed by atoms with E-state index in [1.807, 2.05) is 0 Å². The number of benzene rings is 1. The summed E-state index contributed by atoms with van der Waals surface area (Å²) >= 11 is 7.44. The standard InChI is InChI=1S/C19H25ClN4O6S2/c1-11-16(31-17(22-11)23-12(2)25)13-6-7-14(20)15(10-13)24(32(27,28)29)9-8-21-18(26)30-19(3,4)5/h6-7,10H,8-9H2,1-5H3,(H,21,26)(H,22,23,25)(H,27,28,29). The third-order valence-electron chi connectivity index (χ3n) is 3.82. The summed E-state index contributed by atoms with van der Waals surface area (Å²) in [4.78, 5) is 28.1. The van der Waals surface area contributed by atoms with Crippen LogP contribution in [0.3, 0.4) is 0 Å². The molecule has 0 saturated carbocycles. The van der Waals surface area contributed by atoms with Crippen LogP contribution in [-0.2, 0) is 19.8 Å². The minimum Gasteiger partial charge on any atom is -0.444 e. The van der Waals surface area contributed by atoms with Crippen molar-refractivity contribution in [3.05, 3.63) is 28.9 Å². The summed E-state index contributed by atoms with van der Waals surface area (Å²) in [6.45, 7) is 7.77. The number of alkyl carbamates (subject to hydrolysis) is 1. The predicted molar refractivity (Wildman–Crippen MR) is 125 cm³/mol. The van der Waals surface area contributed by atoms with Gasteiger partial charge in [0, 0.05) is 13.5 Å². The Morgan fingerprint density at radius 2 is 1.97 bits per heavy atom. The van der Waals surface area contributed by atoms with Gasteiger partial charge in [0.05, 0.1) is 27.8 Å². The summed E-state index contributed by atoms with van der Waals surface area (Å²) < 4.78 is 39.7. The molecule has 0 fully saturated rings. The molecule has 2 aromatic rings. The summed E-state index contributed by atoms with van der Waals surface area (Å²) in [5.41, 5.74) is 0.515. The molecule has 3 N–H and O–H groups in total. The number of halogens is 1. The summed E-state index contributed by atoms with van der Waals surface area (Å²) in [7, 11) is -4.71. The maximum Gasteiger partial charge on any atom is 0.407 e. The molecule has 2 amide bonds. The number of thiazole rings is 1. The van der Waals surface area contributed by atoms with Gasteiger partial charge in [-0.25, -0.2) is 14.1 Å². The lowest BCUT2D eigenvalue weighted by molar-refractivity contribution is -0.114. The highest BCUT2D eigenvalue weighted by molar-refractivity contribution is 7.87. The van der Waals surface area contributed by atoms with Crippen molar-refractivity contribution in [3.63, 3.8) is 0 Å². The molecule has 10 nitrogen and oxygen atoms in total. The first-order valence-electron chi connectivity index (χ1n) is 9.44. The van der Waals surface area contributed by atoms with Crippen LogP contribution in [-0.4, -0.2) is 48.6 Å². The maximum absolute atomic E-state index is 12.1. The van der Waals surface area contributed by atoms with E-state index in [1.165, 1.54) is 30.4 Å². The van der Waals surface area contributed by atoms with Crippen LogP contribution in [0.5, 0.6) is 0 Å². The number of aromatic nitrogens is 1. The third kappa shape index (κ3) is 7.33. The zero-order valence-electron chi connectivity index (χ0n) is 18.2. The Labute approximate surface area is 195 Å². The molecular formula is C19H25ClN4O6S2. The lowest BCUT2D eigenvalue weighted by Crippen LogP contribution is -2.40. The minimum atomic E-state index is -4.71. The van der Waals surface area contributed by atoms with Gasteiger partial charge >= 0.3 is 16.4 Å². The van der Waals surface area contributed by atoms with E-state index >= 15 is 0 Å². The van der Waals surface area contributed by atoms with Gasteiger partial charge in [-0.1, -0.05) is 29.0 Å². The van der Waals surface area contributed by atoms with Crippen molar-refractivity contribution in [2.24, 2.45) is 0 Å². The molecule has 0 atom stereocenters. The molecule has 0 aliphatic carbocycles. The SMILES string of the molecule is CC(=O)Nc1nc(C)c(-c2ccc(Cl)c(N(CCNC(=O)OC(C)(C)C)S(=O)(=O)O)c2)s1. The van der Waals surface area contributed by atoms with Crippen LogP contribution in [0.4, 0.5) is 15.6 Å². The smallest absolute Gasteiger partial charge is 0.407 e. The van der Waals surface area contributed by atoms with Crippen LogP contribution in [0.15, 0.2) is 18.2 Å². The largest absolute Gasteiger partial charge is 0.444 e. The zero-order valence-corrected chi connectivity index (χ0v) is 20.6. The highest BCUT2D eigenvalue weighted by Gasteiger charge is 2.24. The number of aryl methyl sites for hydroxylation is 1. The lowest BCUT2D eigenvalue weighted by atomic mass is 10.1. The Bertz CT molecular complexity index is 1110. The molecule has 1 aromatic carbocycles. The van der Waals surface area contributed by atoms with Crippen molar-refractivity contribution in [2.75, 3.05) is 22.7 Å². The number of anilines is 2. The van der Waals surface area contributed by atoms with Crippen molar-refractivity contribution >= 4 is 56.1 Å². The summed E-state index contributed by atoms with van der Waals surface area (Å²) in [5, 5.41) is 5.52. The average Bonchev–Trinajstić information content (AvgIpc) is 2.96. The molecule has 2 rings (SSSR count). The number of carbonyl (C=O) groups excluding carboxylic acids is 2. The Morgan fingerprint density at radius 3 is 2.53 bits per heavy atom. The molecule has 0 radical (unpaired) electrons. The zero-order chi connectivity index (χ0) is 24.3. The van der Waals surface area contributed by atoms with E-state index in [1.54, 1.807) is 33.8 Å². The van der Waals surface area contributed by atoms with E-state index in [-0.39, 0.29) is 29.7 Å². The minimum absolute atomic E-state index is 0.0199. The molecule has 0 bridgehead atoms. The van der Waals surface area contributed by atoms with Crippen molar-refractivity contribution in [3.8, 4) is 10.4 Å². The Kier molecular flexibility index (Phi) is 8.10. The second-order valence-electron chi connectivity index (χ2n) is 7.76. The number of nitrogens with zero attached hydrogens (tertiary/aromatic N) is 2. The monoisotopic (exact) mass is 504 g/mol. The normalized spacial score (nSPS) is 11.7. The van der Waals surface area contributed by atoms with Gasteiger partial charge in [-0.05, 0) is 45.4 Å². The Balaban J connectivity index is 2.31. The molecule has 0 saturated heterocycles. The van der Waals surface area contributed by atoms with Crippen LogP contribution in [0.25, 0.3) is 10.4 Å². The van der Waals surface area contributed by atoms with Crippen molar-refractivity contribution in [2.45, 2.75) is 40.2 Å². The van der Waals surface area contributed by atoms with Gasteiger partial charge in [-0.3, -0.25) is 9.35 Å². The number of hydrogen-bond donors (Lipinski definition) is 3. The first kappa shape index (κ1) is 25.8. The highest BCUT2D eigenvalue weighted by atomic mass is 35.5. The predicted octanol–water partition coefficient (Wildman–Crippen LogP) is 3.86. The van der Waals surface area contributed by atoms with E-state index < -0.39 is 22.0 Å². The van der Waals surface area contributed by atoms with E-state index in [9.17, 15) is 22.6 Å². The van der Waals surface area contributed by atoms with Crippen molar-refractivity contribution < 1.29 is 27.3 Å². The molecule has 1 aromatic heterocycles. The van der Waals surface area contributed by atoms with Crippen LogP contribution < -0.4 is 14.9 Å². The summed E-state index contributed by atoms with van der Waals surface area (Å²) in [5.74, 6) is -0.267. The van der Waals surface area contributed by atoms with E-state index in [2.05, 4.69) is 15.6 Å². The van der Waals surface area contributed by atoms with Gasteiger partial charge < -0.3 is 15.4 Å². The van der Waals surface area contributed by atoms with Crippen LogP contribution in [0.1, 0.15) is 33.4 Å². The van der Waals surface area contributed by atoms with Crippen LogP contribution in [0.2, 0.25) is 5.02 Å². The van der Waals surface area contributed by atoms with Crippen molar-refractivity contribution in [1.29, 1.82) is 0 Å². The van der Waals surface area contributed by atoms with Crippen molar-refractivity contribution in [1.82, 2.24) is 10.3 Å². The Hall–Kier alpha value is -2.41. The first-order valence-corrected chi connectivity index (χ1v) is 12.0. The molecule has 13 heteroatoms. The quantitative estimate of drug-likeness (QED) is 0.486. The Morgan fingerprint density at radius 1 is 1.31 bits per heavy atom. The summed E-state index contributed by atoms with van der Waals surface area (Å²) in [6.07, 6.45) is -0.724. The third-order valence-corrected chi connectivity index (χ3v) is 6.20. The van der Waals surface area contributed by atoms with Gasteiger partial charge in [-0.15, -0.1) is 0 Å². The number of amides is 2. The fraction of sp³-hybridized carbons (Fsp3) is 0.421. The number of hydrogen-bond acceptors (Lipinski definition) is 7. The van der Waals surface area contributed by atoms with Crippen LogP contribution >= 0.6 is 22.9 Å². The molecule has 0 aliphatic rings. The highest BCUT2D eigenvalue weighted by Crippen LogP contribution is 2.37. The number of carbonyl (C=O) groups is 2. The number of ether oxygens (including phenoxy) is 1. The topological polar surface area (TPSA) is 138 Å². The van der Waals surface area contributed by atoms with Gasteiger partial charge in [0.2, 0.25) is 5.91 Å². The maximum atomic E-state index is 12.1. The molecule has 0 unspecified atom stereocenters. The van der Waals surface area contributed by atoms with E-state index in [0.717, 1.165) is 0 Å². The van der Waals surface area contributed by atoms with Gasteiger partial charge in [0.15, 0.2) is 5.13 Å². The average molecular weight is 505 g/mol. The molecule has 176 valence electrons. The van der Waals surface area contributed by atoms with Gasteiger partial charge in [0.25, 0.3) is 0 Å². The summed E-state index contributed by atoms with van der Waals surface area (Å²) in [6, 6.07) is 4.65. The second-order valence-corrected chi connectivity index (χ2v) is 10.5. The molecular weight excluding hydrogens is 480 g/mol. The lowest BCUT2D eigenvalue weighted by Gasteiger charge is -2.24. The fourth-order valence-electron chi connectivity index (χ4n) is 2.65. The number of rotatable bonds is 7. The molecule has 1 heterocycles.